The summed E-state index contributed by atoms with van der Waals surface area (Å²) in [5.74, 6) is 0.307. The minimum atomic E-state index is -1.09. The molecule has 0 aromatic heterocycles. The number of nitrogens with one attached hydrogen (secondary N) is 2. The average Bonchev–Trinajstić information content (AvgIpc) is 3.12. The second-order valence-corrected chi connectivity index (χ2v) is 8.41. The van der Waals surface area contributed by atoms with Crippen LogP contribution >= 0.6 is 23.5 Å². The van der Waals surface area contributed by atoms with E-state index in [1.807, 2.05) is 12.1 Å². The maximum atomic E-state index is 12.5. The lowest BCUT2D eigenvalue weighted by atomic mass is 10.1. The number of imide groups is 1. The summed E-state index contributed by atoms with van der Waals surface area (Å²) in [7, 11) is 0. The lowest BCUT2D eigenvalue weighted by molar-refractivity contribution is -0.127. The monoisotopic (exact) mass is 409 g/mol. The molecule has 0 saturated carbocycles. The molecule has 0 aliphatic carbocycles. The van der Waals surface area contributed by atoms with E-state index in [-0.39, 0.29) is 6.04 Å². The van der Waals surface area contributed by atoms with Crippen molar-refractivity contribution >= 4 is 45.8 Å². The van der Waals surface area contributed by atoms with E-state index < -0.39 is 24.0 Å². The molecule has 1 aromatic carbocycles. The Morgan fingerprint density at radius 2 is 2.00 bits per heavy atom. The first kappa shape index (κ1) is 21.3. The van der Waals surface area contributed by atoms with Crippen LogP contribution in [0, 0.1) is 0 Å². The molecule has 0 fully saturated rings. The van der Waals surface area contributed by atoms with E-state index in [2.05, 4.69) is 15.6 Å². The van der Waals surface area contributed by atoms with Crippen LogP contribution in [-0.4, -0.2) is 46.7 Å². The molecule has 3 amide bonds. The molecule has 0 saturated heterocycles. The topological polar surface area (TPSA) is 96.9 Å². The zero-order valence-corrected chi connectivity index (χ0v) is 17.1. The summed E-state index contributed by atoms with van der Waals surface area (Å²) in [5.41, 5.74) is 1.22. The maximum absolute atomic E-state index is 12.5. The predicted octanol–water partition coefficient (Wildman–Crippen LogP) is 2.80. The third kappa shape index (κ3) is 6.91. The summed E-state index contributed by atoms with van der Waals surface area (Å²) in [6.07, 6.45) is -1.09. The summed E-state index contributed by atoms with van der Waals surface area (Å²) in [4.78, 5) is 40.5. The van der Waals surface area contributed by atoms with Crippen molar-refractivity contribution < 1.29 is 19.1 Å². The number of thioether (sulfide) groups is 2. The van der Waals surface area contributed by atoms with Crippen molar-refractivity contribution in [2.24, 2.45) is 4.99 Å². The van der Waals surface area contributed by atoms with Gasteiger partial charge < -0.3 is 10.1 Å². The number of amides is 3. The Morgan fingerprint density at radius 1 is 1.26 bits per heavy atom. The number of carbonyl (C=O) groups is 3. The van der Waals surface area contributed by atoms with Crippen LogP contribution in [0.25, 0.3) is 0 Å². The summed E-state index contributed by atoms with van der Waals surface area (Å²) in [5, 5.41) is 4.69. The van der Waals surface area contributed by atoms with Crippen molar-refractivity contribution in [2.75, 3.05) is 12.3 Å². The van der Waals surface area contributed by atoms with Gasteiger partial charge in [0.1, 0.15) is 4.38 Å². The van der Waals surface area contributed by atoms with Gasteiger partial charge in [0.05, 0.1) is 12.1 Å². The van der Waals surface area contributed by atoms with E-state index >= 15 is 0 Å². The van der Waals surface area contributed by atoms with E-state index in [4.69, 9.17) is 4.74 Å². The number of hydrogen-bond acceptors (Lipinski definition) is 7. The SMILES string of the molecule is CC(C)NC(=O)NC(=O)[C@@H](C)OC(=O)c1ccccc1CSC1=NCCS1. The third-order valence-corrected chi connectivity index (χ3v) is 5.76. The Morgan fingerprint density at radius 3 is 2.67 bits per heavy atom. The number of carbonyl (C=O) groups excluding carboxylic acids is 3. The largest absolute Gasteiger partial charge is 0.449 e. The highest BCUT2D eigenvalue weighted by Crippen LogP contribution is 2.26. The number of esters is 1. The van der Waals surface area contributed by atoms with Gasteiger partial charge in [0.2, 0.25) is 0 Å². The summed E-state index contributed by atoms with van der Waals surface area (Å²) >= 11 is 3.29. The number of ether oxygens (including phenoxy) is 1. The molecule has 1 atom stereocenters. The van der Waals surface area contributed by atoms with E-state index in [9.17, 15) is 14.4 Å². The molecule has 1 aromatic rings. The summed E-state index contributed by atoms with van der Waals surface area (Å²) in [6, 6.07) is 6.38. The van der Waals surface area contributed by atoms with Gasteiger partial charge in [-0.2, -0.15) is 0 Å². The molecule has 0 spiro atoms. The van der Waals surface area contributed by atoms with Crippen molar-refractivity contribution in [2.45, 2.75) is 38.7 Å². The van der Waals surface area contributed by atoms with Gasteiger partial charge in [-0.3, -0.25) is 15.1 Å². The quantitative estimate of drug-likeness (QED) is 0.702. The van der Waals surface area contributed by atoms with Gasteiger partial charge >= 0.3 is 12.0 Å². The van der Waals surface area contributed by atoms with Gasteiger partial charge in [0, 0.05) is 17.5 Å². The van der Waals surface area contributed by atoms with Gasteiger partial charge in [-0.05, 0) is 32.4 Å². The summed E-state index contributed by atoms with van der Waals surface area (Å²) in [6.45, 7) is 5.81. The molecule has 0 unspecified atom stereocenters. The average molecular weight is 410 g/mol. The second kappa shape index (κ2) is 10.4. The molecular weight excluding hydrogens is 386 g/mol. The van der Waals surface area contributed by atoms with Gasteiger partial charge in [-0.1, -0.05) is 41.7 Å². The predicted molar refractivity (Wildman–Crippen MR) is 109 cm³/mol. The highest BCUT2D eigenvalue weighted by atomic mass is 32.2. The van der Waals surface area contributed by atoms with Crippen LogP contribution < -0.4 is 10.6 Å². The van der Waals surface area contributed by atoms with Crippen molar-refractivity contribution in [3.05, 3.63) is 35.4 Å². The highest BCUT2D eigenvalue weighted by molar-refractivity contribution is 8.38. The van der Waals surface area contributed by atoms with Gasteiger partial charge in [0.25, 0.3) is 5.91 Å². The lowest BCUT2D eigenvalue weighted by Crippen LogP contribution is -2.46. The molecule has 27 heavy (non-hydrogen) atoms. The number of hydrogen-bond donors (Lipinski definition) is 2. The molecule has 7 nitrogen and oxygen atoms in total. The van der Waals surface area contributed by atoms with Crippen LogP contribution in [0.2, 0.25) is 0 Å². The van der Waals surface area contributed by atoms with Crippen molar-refractivity contribution in [3.63, 3.8) is 0 Å². The van der Waals surface area contributed by atoms with Crippen molar-refractivity contribution in [1.29, 1.82) is 0 Å². The van der Waals surface area contributed by atoms with Crippen molar-refractivity contribution in [1.82, 2.24) is 10.6 Å². The van der Waals surface area contributed by atoms with E-state index in [1.54, 1.807) is 49.5 Å². The zero-order chi connectivity index (χ0) is 19.8. The normalized spacial score (nSPS) is 14.4. The van der Waals surface area contributed by atoms with Crippen LogP contribution in [0.3, 0.4) is 0 Å². The maximum Gasteiger partial charge on any atom is 0.339 e. The molecule has 1 aliphatic heterocycles. The zero-order valence-electron chi connectivity index (χ0n) is 15.5. The molecular formula is C18H23N3O4S2. The highest BCUT2D eigenvalue weighted by Gasteiger charge is 2.22. The molecule has 1 heterocycles. The van der Waals surface area contributed by atoms with Crippen LogP contribution in [-0.2, 0) is 15.3 Å². The third-order valence-electron chi connectivity index (χ3n) is 3.46. The molecule has 1 aliphatic rings. The smallest absolute Gasteiger partial charge is 0.339 e. The van der Waals surface area contributed by atoms with E-state index in [1.165, 1.54) is 6.92 Å². The van der Waals surface area contributed by atoms with Gasteiger partial charge in [-0.25, -0.2) is 9.59 Å². The Bertz CT molecular complexity index is 737. The molecule has 146 valence electrons. The summed E-state index contributed by atoms with van der Waals surface area (Å²) < 4.78 is 6.26. The Labute approximate surface area is 167 Å². The molecule has 0 bridgehead atoms. The Balaban J connectivity index is 1.94. The number of urea groups is 1. The second-order valence-electron chi connectivity index (χ2n) is 6.11. The van der Waals surface area contributed by atoms with Crippen LogP contribution in [0.5, 0.6) is 0 Å². The fourth-order valence-corrected chi connectivity index (χ4v) is 4.19. The minimum absolute atomic E-state index is 0.109. The first-order valence-electron chi connectivity index (χ1n) is 8.57. The van der Waals surface area contributed by atoms with E-state index in [0.29, 0.717) is 11.3 Å². The fourth-order valence-electron chi connectivity index (χ4n) is 2.18. The van der Waals surface area contributed by atoms with Crippen molar-refractivity contribution in [3.8, 4) is 0 Å². The first-order valence-corrected chi connectivity index (χ1v) is 10.5. The van der Waals surface area contributed by atoms with Crippen LogP contribution in [0.1, 0.15) is 36.7 Å². The molecule has 9 heteroatoms. The lowest BCUT2D eigenvalue weighted by Gasteiger charge is -2.15. The standard InChI is InChI=1S/C18H23N3O4S2/c1-11(2)20-17(24)21-15(22)12(3)25-16(23)14-7-5-4-6-13(14)10-27-18-19-8-9-26-18/h4-7,11-12H,8-10H2,1-3H3,(H2,20,21,22,24)/t12-/m1/s1. The van der Waals surface area contributed by atoms with E-state index in [0.717, 1.165) is 22.2 Å². The molecule has 2 N–H and O–H groups in total. The number of aliphatic imine (C=N–C) groups is 1. The molecule has 0 radical (unpaired) electrons. The first-order chi connectivity index (χ1) is 12.9. The molecule has 2 rings (SSSR count). The van der Waals surface area contributed by atoms with Gasteiger partial charge in [0.15, 0.2) is 6.10 Å². The van der Waals surface area contributed by atoms with Crippen LogP contribution in [0.4, 0.5) is 4.79 Å². The number of nitrogens with zero attached hydrogens (tertiary/aromatic N) is 1. The number of rotatable bonds is 6. The Kier molecular flexibility index (Phi) is 8.18. The Hall–Kier alpha value is -2.00. The fraction of sp³-hybridized carbons (Fsp3) is 0.444. The van der Waals surface area contributed by atoms with Gasteiger partial charge in [-0.15, -0.1) is 0 Å². The minimum Gasteiger partial charge on any atom is -0.449 e. The van der Waals surface area contributed by atoms with Crippen LogP contribution in [0.15, 0.2) is 29.3 Å². The number of benzene rings is 1.